The van der Waals surface area contributed by atoms with Gasteiger partial charge in [-0.15, -0.1) is 0 Å². The quantitative estimate of drug-likeness (QED) is 0.798. The molecule has 1 N–H and O–H groups in total. The van der Waals surface area contributed by atoms with E-state index in [1.54, 1.807) is 0 Å². The molecule has 2 aromatic rings. The van der Waals surface area contributed by atoms with Crippen LogP contribution >= 0.6 is 0 Å². The van der Waals surface area contributed by atoms with Crippen molar-refractivity contribution in [3.8, 4) is 11.1 Å². The molecule has 2 atom stereocenters. The van der Waals surface area contributed by atoms with Gasteiger partial charge in [0.25, 0.3) is 0 Å². The van der Waals surface area contributed by atoms with Crippen molar-refractivity contribution in [2.24, 2.45) is 11.3 Å². The first-order valence-corrected chi connectivity index (χ1v) is 9.38. The first-order valence-electron chi connectivity index (χ1n) is 9.38. The molecule has 130 valence electrons. The molecule has 2 saturated heterocycles. The Labute approximate surface area is 149 Å². The minimum atomic E-state index is -0.0365. The number of hydrogen-bond acceptors (Lipinski definition) is 3. The van der Waals surface area contributed by atoms with E-state index >= 15 is 0 Å². The molecule has 0 radical (unpaired) electrons. The van der Waals surface area contributed by atoms with Gasteiger partial charge in [-0.25, -0.2) is 0 Å². The Kier molecular flexibility index (Phi) is 3.70. The zero-order valence-corrected chi connectivity index (χ0v) is 14.6. The third-order valence-corrected chi connectivity index (χ3v) is 6.46. The van der Waals surface area contributed by atoms with Crippen molar-refractivity contribution in [3.05, 3.63) is 59.2 Å². The number of rotatable bonds is 3. The summed E-state index contributed by atoms with van der Waals surface area (Å²) < 4.78 is 5.69. The predicted octanol–water partition coefficient (Wildman–Crippen LogP) is 3.09. The lowest BCUT2D eigenvalue weighted by Crippen LogP contribution is -2.42. The SMILES string of the molecule is OC[C@]12COCC[C@H]1CN(Cc1ccc3c(c1)Cc1ccccc1-3)C2. The van der Waals surface area contributed by atoms with E-state index in [4.69, 9.17) is 4.74 Å². The molecule has 5 rings (SSSR count). The second-order valence-corrected chi connectivity index (χ2v) is 8.05. The molecule has 2 heterocycles. The molecular formula is C22H25NO2. The van der Waals surface area contributed by atoms with Crippen molar-refractivity contribution in [1.29, 1.82) is 0 Å². The Morgan fingerprint density at radius 1 is 1.12 bits per heavy atom. The van der Waals surface area contributed by atoms with Crippen LogP contribution in [0.3, 0.4) is 0 Å². The Morgan fingerprint density at radius 2 is 2.00 bits per heavy atom. The third-order valence-electron chi connectivity index (χ3n) is 6.46. The molecule has 3 aliphatic rings. The first kappa shape index (κ1) is 15.6. The van der Waals surface area contributed by atoms with Crippen molar-refractivity contribution in [2.45, 2.75) is 19.4 Å². The van der Waals surface area contributed by atoms with Gasteiger partial charge in [0.15, 0.2) is 0 Å². The maximum absolute atomic E-state index is 9.96. The lowest BCUT2D eigenvalue weighted by Gasteiger charge is -2.36. The lowest BCUT2D eigenvalue weighted by molar-refractivity contribution is -0.0561. The molecule has 25 heavy (non-hydrogen) atoms. The van der Waals surface area contributed by atoms with Gasteiger partial charge >= 0.3 is 0 Å². The van der Waals surface area contributed by atoms with Crippen LogP contribution in [-0.4, -0.2) is 42.9 Å². The Bertz CT molecular complexity index is 802. The molecule has 2 fully saturated rings. The van der Waals surface area contributed by atoms with Crippen molar-refractivity contribution in [3.63, 3.8) is 0 Å². The summed E-state index contributed by atoms with van der Waals surface area (Å²) in [6.45, 7) is 4.81. The molecule has 0 amide bonds. The summed E-state index contributed by atoms with van der Waals surface area (Å²) in [5, 5.41) is 9.96. The minimum Gasteiger partial charge on any atom is -0.396 e. The number of ether oxygens (including phenoxy) is 1. The molecule has 0 bridgehead atoms. The second kappa shape index (κ2) is 5.94. The van der Waals surface area contributed by atoms with Crippen molar-refractivity contribution >= 4 is 0 Å². The van der Waals surface area contributed by atoms with Crippen LogP contribution in [0.25, 0.3) is 11.1 Å². The minimum absolute atomic E-state index is 0.0365. The summed E-state index contributed by atoms with van der Waals surface area (Å²) in [6, 6.07) is 15.7. The summed E-state index contributed by atoms with van der Waals surface area (Å²) in [5.41, 5.74) is 7.04. The topological polar surface area (TPSA) is 32.7 Å². The maximum Gasteiger partial charge on any atom is 0.0559 e. The fourth-order valence-corrected chi connectivity index (χ4v) is 5.11. The van der Waals surface area contributed by atoms with E-state index in [0.29, 0.717) is 12.5 Å². The van der Waals surface area contributed by atoms with Gasteiger partial charge in [0.05, 0.1) is 13.2 Å². The van der Waals surface area contributed by atoms with Crippen LogP contribution in [0.15, 0.2) is 42.5 Å². The molecule has 0 spiro atoms. The molecule has 0 unspecified atom stereocenters. The largest absolute Gasteiger partial charge is 0.396 e. The van der Waals surface area contributed by atoms with E-state index < -0.39 is 0 Å². The number of fused-ring (bicyclic) bond motifs is 4. The van der Waals surface area contributed by atoms with E-state index in [1.165, 1.54) is 27.8 Å². The molecule has 3 heteroatoms. The fourth-order valence-electron chi connectivity index (χ4n) is 5.11. The highest BCUT2D eigenvalue weighted by atomic mass is 16.5. The summed E-state index contributed by atoms with van der Waals surface area (Å²) in [6.07, 6.45) is 2.13. The van der Waals surface area contributed by atoms with Gasteiger partial charge in [0.2, 0.25) is 0 Å². The predicted molar refractivity (Wildman–Crippen MR) is 98.4 cm³/mol. The number of likely N-dealkylation sites (tertiary alicyclic amines) is 1. The van der Waals surface area contributed by atoms with E-state index in [0.717, 1.165) is 39.1 Å². The number of benzene rings is 2. The van der Waals surface area contributed by atoms with Crippen LogP contribution in [0.1, 0.15) is 23.1 Å². The standard InChI is InChI=1S/C22H25NO2/c24-14-22-13-23(12-19(22)7-8-25-15-22)11-16-5-6-21-18(9-16)10-17-3-1-2-4-20(17)21/h1-6,9,19,24H,7-8,10-15H2/t19-,22+/m0/s1. The van der Waals surface area contributed by atoms with Gasteiger partial charge in [-0.2, -0.15) is 0 Å². The van der Waals surface area contributed by atoms with Crippen LogP contribution in [0.4, 0.5) is 0 Å². The zero-order chi connectivity index (χ0) is 16.9. The summed E-state index contributed by atoms with van der Waals surface area (Å²) in [4.78, 5) is 2.51. The van der Waals surface area contributed by atoms with Crippen molar-refractivity contribution in [1.82, 2.24) is 4.90 Å². The van der Waals surface area contributed by atoms with Gasteiger partial charge in [-0.05, 0) is 46.6 Å². The normalized spacial score (nSPS) is 27.8. The number of hydrogen-bond donors (Lipinski definition) is 1. The van der Waals surface area contributed by atoms with Crippen LogP contribution in [0, 0.1) is 11.3 Å². The van der Waals surface area contributed by atoms with Gasteiger partial charge in [0, 0.05) is 31.7 Å². The van der Waals surface area contributed by atoms with E-state index in [1.807, 2.05) is 0 Å². The summed E-state index contributed by atoms with van der Waals surface area (Å²) in [5.74, 6) is 0.574. The van der Waals surface area contributed by atoms with E-state index in [-0.39, 0.29) is 12.0 Å². The molecule has 1 aliphatic carbocycles. The maximum atomic E-state index is 9.96. The van der Waals surface area contributed by atoms with Crippen LogP contribution < -0.4 is 0 Å². The van der Waals surface area contributed by atoms with Crippen molar-refractivity contribution in [2.75, 3.05) is 32.9 Å². The molecule has 0 saturated carbocycles. The fraction of sp³-hybridized carbons (Fsp3) is 0.455. The number of aliphatic hydroxyl groups is 1. The number of aliphatic hydroxyl groups excluding tert-OH is 1. The highest BCUT2D eigenvalue weighted by Gasteiger charge is 2.47. The molecule has 3 nitrogen and oxygen atoms in total. The smallest absolute Gasteiger partial charge is 0.0559 e. The van der Waals surface area contributed by atoms with Gasteiger partial charge in [-0.1, -0.05) is 42.5 Å². The van der Waals surface area contributed by atoms with Crippen LogP contribution in [-0.2, 0) is 17.7 Å². The Morgan fingerprint density at radius 3 is 2.88 bits per heavy atom. The summed E-state index contributed by atoms with van der Waals surface area (Å²) in [7, 11) is 0. The average molecular weight is 335 g/mol. The second-order valence-electron chi connectivity index (χ2n) is 8.05. The molecule has 2 aliphatic heterocycles. The monoisotopic (exact) mass is 335 g/mol. The zero-order valence-electron chi connectivity index (χ0n) is 14.6. The van der Waals surface area contributed by atoms with Crippen molar-refractivity contribution < 1.29 is 9.84 Å². The van der Waals surface area contributed by atoms with Gasteiger partial charge < -0.3 is 9.84 Å². The Hall–Kier alpha value is -1.68. The molecular weight excluding hydrogens is 310 g/mol. The van der Waals surface area contributed by atoms with Gasteiger partial charge in [-0.3, -0.25) is 4.90 Å². The van der Waals surface area contributed by atoms with Crippen LogP contribution in [0.2, 0.25) is 0 Å². The molecule has 0 aromatic heterocycles. The molecule has 2 aromatic carbocycles. The average Bonchev–Trinajstić information content (AvgIpc) is 3.19. The summed E-state index contributed by atoms with van der Waals surface area (Å²) >= 11 is 0. The Balaban J connectivity index is 1.35. The first-order chi connectivity index (χ1) is 12.3. The lowest BCUT2D eigenvalue weighted by atomic mass is 9.76. The highest BCUT2D eigenvalue weighted by Crippen LogP contribution is 2.42. The number of nitrogens with zero attached hydrogens (tertiary/aromatic N) is 1. The van der Waals surface area contributed by atoms with Crippen LogP contribution in [0.5, 0.6) is 0 Å². The highest BCUT2D eigenvalue weighted by molar-refractivity contribution is 5.76. The van der Waals surface area contributed by atoms with E-state index in [9.17, 15) is 5.11 Å². The van der Waals surface area contributed by atoms with E-state index in [2.05, 4.69) is 47.4 Å². The third kappa shape index (κ3) is 2.53. The van der Waals surface area contributed by atoms with Gasteiger partial charge in [0.1, 0.15) is 0 Å².